The number of halogens is 1. The van der Waals surface area contributed by atoms with Crippen molar-refractivity contribution in [2.45, 2.75) is 32.9 Å². The summed E-state index contributed by atoms with van der Waals surface area (Å²) in [6, 6.07) is 10.3. The highest BCUT2D eigenvalue weighted by Crippen LogP contribution is 2.36. The second-order valence-corrected chi connectivity index (χ2v) is 11.2. The number of hydrogen-bond donors (Lipinski definition) is 1. The van der Waals surface area contributed by atoms with Crippen molar-refractivity contribution in [2.75, 3.05) is 37.6 Å². The molecule has 2 aromatic carbocycles. The Bertz CT molecular complexity index is 1380. The van der Waals surface area contributed by atoms with Crippen molar-refractivity contribution in [2.24, 2.45) is 0 Å². The first kappa shape index (κ1) is 23.8. The highest BCUT2D eigenvalue weighted by Gasteiger charge is 2.38. The number of hydrogen-bond acceptors (Lipinski definition) is 4. The Morgan fingerprint density at radius 2 is 1.97 bits per heavy atom. The lowest BCUT2D eigenvalue weighted by atomic mass is 9.99. The zero-order chi connectivity index (χ0) is 24.7. The molecule has 2 aliphatic heterocycles. The summed E-state index contributed by atoms with van der Waals surface area (Å²) in [6.07, 6.45) is 4.99. The molecule has 186 valence electrons. The van der Waals surface area contributed by atoms with Crippen LogP contribution in [0.4, 0.5) is 10.1 Å². The molecule has 0 bridgehead atoms. The number of aromatic amines is 1. The van der Waals surface area contributed by atoms with Gasteiger partial charge in [-0.3, -0.25) is 9.21 Å². The maximum absolute atomic E-state index is 13.5. The summed E-state index contributed by atoms with van der Waals surface area (Å²) in [6.45, 7) is 6.71. The van der Waals surface area contributed by atoms with Crippen LogP contribution in [-0.2, 0) is 16.8 Å². The van der Waals surface area contributed by atoms with Gasteiger partial charge in [-0.15, -0.1) is 0 Å². The topological polar surface area (TPSA) is 68.9 Å². The maximum Gasteiger partial charge on any atom is 0.304 e. The van der Waals surface area contributed by atoms with Gasteiger partial charge in [0.15, 0.2) is 0 Å². The van der Waals surface area contributed by atoms with Crippen LogP contribution in [0.25, 0.3) is 16.5 Å². The average molecular weight is 499 g/mol. The van der Waals surface area contributed by atoms with Crippen molar-refractivity contribution in [1.82, 2.24) is 14.2 Å². The maximum atomic E-state index is 13.5. The zero-order valence-corrected chi connectivity index (χ0v) is 21.1. The van der Waals surface area contributed by atoms with E-state index in [0.29, 0.717) is 19.6 Å². The van der Waals surface area contributed by atoms with E-state index in [1.54, 1.807) is 15.7 Å². The predicted molar refractivity (Wildman–Crippen MR) is 137 cm³/mol. The van der Waals surface area contributed by atoms with E-state index in [-0.39, 0.29) is 11.9 Å². The molecule has 3 heterocycles. The number of benzene rings is 2. The fourth-order valence-corrected chi connectivity index (χ4v) is 6.83. The molecule has 1 aromatic heterocycles. The third-order valence-corrected chi connectivity index (χ3v) is 9.01. The fraction of sp³-hybridized carbons (Fsp3) is 0.385. The number of H-pyrrole nitrogens is 1. The molecule has 7 nitrogen and oxygen atoms in total. The number of methoxy groups -OCH3 is 1. The number of ether oxygens (including phenoxy) is 1. The van der Waals surface area contributed by atoms with E-state index in [9.17, 15) is 12.8 Å². The van der Waals surface area contributed by atoms with E-state index in [1.807, 2.05) is 44.3 Å². The first-order chi connectivity index (χ1) is 16.8. The molecule has 9 heteroatoms. The van der Waals surface area contributed by atoms with Crippen LogP contribution >= 0.6 is 0 Å². The summed E-state index contributed by atoms with van der Waals surface area (Å²) in [5, 5.41) is 1.02. The Labute approximate surface area is 206 Å². The number of aromatic nitrogens is 1. The summed E-state index contributed by atoms with van der Waals surface area (Å²) in [4.78, 5) is 5.43. The molecule has 0 spiro atoms. The molecule has 1 N–H and O–H groups in total. The van der Waals surface area contributed by atoms with Crippen LogP contribution in [0.1, 0.15) is 31.4 Å². The average Bonchev–Trinajstić information content (AvgIpc) is 3.25. The minimum atomic E-state index is -3.62. The van der Waals surface area contributed by atoms with Crippen molar-refractivity contribution in [3.8, 4) is 5.75 Å². The highest BCUT2D eigenvalue weighted by atomic mass is 32.2. The quantitative estimate of drug-likeness (QED) is 0.548. The minimum absolute atomic E-state index is 0.146. The third kappa shape index (κ3) is 4.44. The molecule has 0 saturated heterocycles. The van der Waals surface area contributed by atoms with Gasteiger partial charge in [0.05, 0.1) is 12.8 Å². The molecule has 3 aromatic rings. The van der Waals surface area contributed by atoms with Gasteiger partial charge in [-0.05, 0) is 67.8 Å². The zero-order valence-electron chi connectivity index (χ0n) is 20.3. The van der Waals surface area contributed by atoms with Crippen LogP contribution in [0, 0.1) is 5.82 Å². The van der Waals surface area contributed by atoms with Gasteiger partial charge in [0.25, 0.3) is 0 Å². The number of rotatable bonds is 6. The molecular formula is C26H31FN4O3S. The largest absolute Gasteiger partial charge is 0.497 e. The van der Waals surface area contributed by atoms with Crippen LogP contribution in [-0.4, -0.2) is 61.9 Å². The van der Waals surface area contributed by atoms with Gasteiger partial charge < -0.3 is 9.72 Å². The summed E-state index contributed by atoms with van der Waals surface area (Å²) in [5.74, 6) is 0.471. The van der Waals surface area contributed by atoms with E-state index in [0.717, 1.165) is 53.0 Å². The normalized spacial score (nSPS) is 18.7. The first-order valence-corrected chi connectivity index (χ1v) is 13.3. The second-order valence-electron chi connectivity index (χ2n) is 9.39. The molecule has 2 aliphatic rings. The summed E-state index contributed by atoms with van der Waals surface area (Å²) >= 11 is 0. The summed E-state index contributed by atoms with van der Waals surface area (Å²) in [5.41, 5.74) is 4.80. The van der Waals surface area contributed by atoms with Crippen LogP contribution in [0.3, 0.4) is 0 Å². The van der Waals surface area contributed by atoms with Gasteiger partial charge in [-0.2, -0.15) is 12.7 Å². The lowest BCUT2D eigenvalue weighted by Crippen LogP contribution is -2.52. The molecule has 0 radical (unpaired) electrons. The lowest BCUT2D eigenvalue weighted by molar-refractivity contribution is 0.304. The summed E-state index contributed by atoms with van der Waals surface area (Å²) < 4.78 is 48.9. The molecule has 0 aliphatic carbocycles. The van der Waals surface area contributed by atoms with Crippen LogP contribution in [0.2, 0.25) is 0 Å². The molecular weight excluding hydrogens is 467 g/mol. The SMILES string of the molecule is COc1ccc2c(c1)CN(C(C)C)S(=O)(=O)N2CCN1CC=C(c2c[nH]c3cc(F)ccc23)CC1. The minimum Gasteiger partial charge on any atom is -0.497 e. The Hall–Kier alpha value is -2.88. The second kappa shape index (κ2) is 9.29. The molecule has 0 unspecified atom stereocenters. The fourth-order valence-electron chi connectivity index (χ4n) is 5.00. The Kier molecular flexibility index (Phi) is 6.33. The number of nitrogens with one attached hydrogen (secondary N) is 1. The molecule has 0 fully saturated rings. The van der Waals surface area contributed by atoms with E-state index in [4.69, 9.17) is 4.74 Å². The van der Waals surface area contributed by atoms with Crippen molar-refractivity contribution >= 4 is 32.4 Å². The van der Waals surface area contributed by atoms with Crippen molar-refractivity contribution in [1.29, 1.82) is 0 Å². The van der Waals surface area contributed by atoms with Crippen LogP contribution in [0.5, 0.6) is 5.75 Å². The van der Waals surface area contributed by atoms with Crippen molar-refractivity contribution < 1.29 is 17.5 Å². The van der Waals surface area contributed by atoms with Crippen LogP contribution < -0.4 is 9.04 Å². The molecule has 0 amide bonds. The van der Waals surface area contributed by atoms with Gasteiger partial charge in [0.2, 0.25) is 0 Å². The van der Waals surface area contributed by atoms with E-state index < -0.39 is 10.2 Å². The van der Waals surface area contributed by atoms with Gasteiger partial charge >= 0.3 is 10.2 Å². The third-order valence-electron chi connectivity index (χ3n) is 6.93. The van der Waals surface area contributed by atoms with Crippen molar-refractivity contribution in [3.63, 3.8) is 0 Å². The van der Waals surface area contributed by atoms with Gasteiger partial charge in [0.1, 0.15) is 11.6 Å². The van der Waals surface area contributed by atoms with Crippen molar-refractivity contribution in [3.05, 3.63) is 65.6 Å². The Morgan fingerprint density at radius 1 is 1.14 bits per heavy atom. The Balaban J connectivity index is 1.33. The van der Waals surface area contributed by atoms with Crippen LogP contribution in [0.15, 0.2) is 48.7 Å². The molecule has 0 saturated carbocycles. The summed E-state index contributed by atoms with van der Waals surface area (Å²) in [7, 11) is -2.01. The molecule has 5 rings (SSSR count). The monoisotopic (exact) mass is 498 g/mol. The first-order valence-electron chi connectivity index (χ1n) is 11.9. The number of anilines is 1. The molecule has 0 atom stereocenters. The van der Waals surface area contributed by atoms with E-state index >= 15 is 0 Å². The highest BCUT2D eigenvalue weighted by molar-refractivity contribution is 7.90. The standard InChI is InChI=1S/C26H31FN4O3S/c1-18(2)31-17-20-14-22(34-3)5-7-26(20)30(35(31,32)33)13-12-29-10-8-19(9-11-29)24-16-28-25-15-21(27)4-6-23(24)25/h4-8,14-16,18,28H,9-13,17H2,1-3H3. The van der Waals surface area contributed by atoms with Gasteiger partial charge in [0, 0.05) is 61.4 Å². The molecule has 35 heavy (non-hydrogen) atoms. The predicted octanol–water partition coefficient (Wildman–Crippen LogP) is 4.38. The smallest absolute Gasteiger partial charge is 0.304 e. The van der Waals surface area contributed by atoms with E-state index in [1.165, 1.54) is 17.7 Å². The lowest BCUT2D eigenvalue weighted by Gasteiger charge is -2.40. The Morgan fingerprint density at radius 3 is 2.69 bits per heavy atom. The van der Waals surface area contributed by atoms with Gasteiger partial charge in [-0.25, -0.2) is 4.39 Å². The van der Waals surface area contributed by atoms with Gasteiger partial charge in [-0.1, -0.05) is 6.08 Å². The number of nitrogens with zero attached hydrogens (tertiary/aromatic N) is 3. The number of fused-ring (bicyclic) bond motifs is 2. The van der Waals surface area contributed by atoms with E-state index in [2.05, 4.69) is 16.0 Å².